The van der Waals surface area contributed by atoms with Crippen LogP contribution in [0.4, 0.5) is 0 Å². The van der Waals surface area contributed by atoms with Gasteiger partial charge in [0.25, 0.3) is 5.91 Å². The van der Waals surface area contributed by atoms with Gasteiger partial charge in [0.2, 0.25) is 0 Å². The van der Waals surface area contributed by atoms with Crippen molar-refractivity contribution >= 4 is 33.5 Å². The van der Waals surface area contributed by atoms with Crippen molar-refractivity contribution in [3.63, 3.8) is 0 Å². The van der Waals surface area contributed by atoms with Gasteiger partial charge in [0.1, 0.15) is 17.0 Å². The summed E-state index contributed by atoms with van der Waals surface area (Å²) in [5.74, 6) is 0.378. The van der Waals surface area contributed by atoms with Crippen LogP contribution in [-0.2, 0) is 0 Å². The Morgan fingerprint density at radius 3 is 2.93 bits per heavy atom. The average molecular weight is 401 g/mol. The lowest BCUT2D eigenvalue weighted by Crippen LogP contribution is -2.35. The van der Waals surface area contributed by atoms with Crippen molar-refractivity contribution in [3.8, 4) is 5.75 Å². The first-order chi connectivity index (χ1) is 14.6. The standard InChI is InChI=1S/C23H19N3O4/c1-29-15-4-5-16-18(12-21(27)30-20(16)11-15)23(28)26-9-6-14(7-10-26)19-13-25-22-17(19)3-2-8-24-22/h2-6,8,11-13H,7,9-10H2,1H3,(H,24,25). The third-order valence-corrected chi connectivity index (χ3v) is 5.48. The van der Waals surface area contributed by atoms with Crippen molar-refractivity contribution in [2.45, 2.75) is 6.42 Å². The minimum atomic E-state index is -0.557. The number of carbonyl (C=O) groups excluding carboxylic acids is 1. The smallest absolute Gasteiger partial charge is 0.337 e. The van der Waals surface area contributed by atoms with Crippen molar-refractivity contribution in [2.75, 3.05) is 20.2 Å². The Labute approximate surface area is 171 Å². The van der Waals surface area contributed by atoms with Crippen LogP contribution in [0.3, 0.4) is 0 Å². The summed E-state index contributed by atoms with van der Waals surface area (Å²) in [6.07, 6.45) is 6.51. The molecule has 1 aromatic carbocycles. The Morgan fingerprint density at radius 1 is 1.23 bits per heavy atom. The number of pyridine rings is 1. The van der Waals surface area contributed by atoms with Crippen molar-refractivity contribution in [1.29, 1.82) is 0 Å². The fourth-order valence-electron chi connectivity index (χ4n) is 3.94. The van der Waals surface area contributed by atoms with Gasteiger partial charge in [-0.25, -0.2) is 9.78 Å². The Balaban J connectivity index is 1.45. The van der Waals surface area contributed by atoms with E-state index >= 15 is 0 Å². The molecule has 0 aliphatic carbocycles. The maximum atomic E-state index is 13.2. The van der Waals surface area contributed by atoms with Crippen LogP contribution in [0.5, 0.6) is 5.75 Å². The summed E-state index contributed by atoms with van der Waals surface area (Å²) in [7, 11) is 1.54. The van der Waals surface area contributed by atoms with Gasteiger partial charge in [-0.2, -0.15) is 0 Å². The highest BCUT2D eigenvalue weighted by Crippen LogP contribution is 2.29. The van der Waals surface area contributed by atoms with Crippen LogP contribution in [0.15, 0.2) is 64.1 Å². The molecule has 1 aliphatic rings. The zero-order valence-corrected chi connectivity index (χ0v) is 16.3. The summed E-state index contributed by atoms with van der Waals surface area (Å²) in [5.41, 5.74) is 3.27. The lowest BCUT2D eigenvalue weighted by molar-refractivity contribution is 0.0774. The first-order valence-corrected chi connectivity index (χ1v) is 9.67. The van der Waals surface area contributed by atoms with E-state index in [1.807, 2.05) is 18.3 Å². The van der Waals surface area contributed by atoms with Crippen LogP contribution in [0.2, 0.25) is 0 Å². The van der Waals surface area contributed by atoms with E-state index in [4.69, 9.17) is 9.15 Å². The van der Waals surface area contributed by atoms with Gasteiger partial charge >= 0.3 is 5.63 Å². The first kappa shape index (κ1) is 18.2. The van der Waals surface area contributed by atoms with Gasteiger partial charge in [0, 0.05) is 54.0 Å². The molecule has 3 aromatic heterocycles. The molecule has 0 unspecified atom stereocenters. The highest BCUT2D eigenvalue weighted by atomic mass is 16.5. The molecule has 7 heteroatoms. The van der Waals surface area contributed by atoms with E-state index in [2.05, 4.69) is 16.0 Å². The number of hydrogen-bond donors (Lipinski definition) is 1. The number of nitrogens with one attached hydrogen (secondary N) is 1. The Kier molecular flexibility index (Phi) is 4.35. The summed E-state index contributed by atoms with van der Waals surface area (Å²) in [5, 5.41) is 1.67. The second-order valence-electron chi connectivity index (χ2n) is 7.17. The van der Waals surface area contributed by atoms with E-state index in [9.17, 15) is 9.59 Å². The second kappa shape index (κ2) is 7.18. The number of H-pyrrole nitrogens is 1. The van der Waals surface area contributed by atoms with E-state index in [1.165, 1.54) is 18.7 Å². The number of hydrogen-bond acceptors (Lipinski definition) is 5. The van der Waals surface area contributed by atoms with Crippen molar-refractivity contribution in [3.05, 3.63) is 76.4 Å². The molecule has 5 rings (SSSR count). The second-order valence-corrected chi connectivity index (χ2v) is 7.17. The number of methoxy groups -OCH3 is 1. The lowest BCUT2D eigenvalue weighted by atomic mass is 9.99. The third kappa shape index (κ3) is 3.04. The maximum Gasteiger partial charge on any atom is 0.337 e. The highest BCUT2D eigenvalue weighted by Gasteiger charge is 2.23. The van der Waals surface area contributed by atoms with Gasteiger partial charge in [-0.15, -0.1) is 0 Å². The summed E-state index contributed by atoms with van der Waals surface area (Å²) in [4.78, 5) is 34.5. The molecule has 1 amide bonds. The van der Waals surface area contributed by atoms with Gasteiger partial charge in [0.05, 0.1) is 12.7 Å². The minimum Gasteiger partial charge on any atom is -0.497 e. The normalized spacial score (nSPS) is 14.2. The maximum absolute atomic E-state index is 13.2. The average Bonchev–Trinajstić information content (AvgIpc) is 3.22. The van der Waals surface area contributed by atoms with Gasteiger partial charge in [-0.3, -0.25) is 4.79 Å². The van der Waals surface area contributed by atoms with Crippen LogP contribution in [0, 0.1) is 0 Å². The van der Waals surface area contributed by atoms with Gasteiger partial charge < -0.3 is 19.0 Å². The molecule has 1 N–H and O–H groups in total. The molecule has 0 spiro atoms. The number of benzene rings is 1. The van der Waals surface area contributed by atoms with Crippen molar-refractivity contribution in [1.82, 2.24) is 14.9 Å². The molecule has 0 radical (unpaired) electrons. The first-order valence-electron chi connectivity index (χ1n) is 9.67. The van der Waals surface area contributed by atoms with Gasteiger partial charge in [-0.1, -0.05) is 6.08 Å². The summed E-state index contributed by atoms with van der Waals surface area (Å²) >= 11 is 0. The van der Waals surface area contributed by atoms with Crippen LogP contribution in [-0.4, -0.2) is 41.0 Å². The number of amides is 1. The molecular formula is C23H19N3O4. The van der Waals surface area contributed by atoms with E-state index in [0.717, 1.165) is 23.0 Å². The van der Waals surface area contributed by atoms with Gasteiger partial charge in [-0.05, 0) is 36.3 Å². The summed E-state index contributed by atoms with van der Waals surface area (Å²) in [6, 6.07) is 10.3. The summed E-state index contributed by atoms with van der Waals surface area (Å²) < 4.78 is 10.4. The van der Waals surface area contributed by atoms with Gasteiger partial charge in [0.15, 0.2) is 0 Å². The van der Waals surface area contributed by atoms with Crippen molar-refractivity contribution in [2.24, 2.45) is 0 Å². The molecule has 7 nitrogen and oxygen atoms in total. The summed E-state index contributed by atoms with van der Waals surface area (Å²) in [6.45, 7) is 1.04. The van der Waals surface area contributed by atoms with Crippen LogP contribution in [0.1, 0.15) is 22.3 Å². The van der Waals surface area contributed by atoms with Crippen LogP contribution >= 0.6 is 0 Å². The van der Waals surface area contributed by atoms with E-state index < -0.39 is 5.63 Å². The molecule has 0 saturated heterocycles. The number of aromatic nitrogens is 2. The lowest BCUT2D eigenvalue weighted by Gasteiger charge is -2.27. The quantitative estimate of drug-likeness (QED) is 0.530. The van der Waals surface area contributed by atoms with E-state index in [0.29, 0.717) is 35.4 Å². The number of carbonyl (C=O) groups is 1. The zero-order chi connectivity index (χ0) is 20.7. The predicted molar refractivity (Wildman–Crippen MR) is 114 cm³/mol. The number of ether oxygens (including phenoxy) is 1. The molecule has 4 heterocycles. The molecule has 150 valence electrons. The van der Waals surface area contributed by atoms with E-state index in [1.54, 1.807) is 29.3 Å². The minimum absolute atomic E-state index is 0.186. The number of aromatic amines is 1. The number of nitrogens with zero attached hydrogens (tertiary/aromatic N) is 2. The molecule has 30 heavy (non-hydrogen) atoms. The fraction of sp³-hybridized carbons (Fsp3) is 0.174. The van der Waals surface area contributed by atoms with Crippen LogP contribution in [0.25, 0.3) is 27.6 Å². The Morgan fingerprint density at radius 2 is 2.13 bits per heavy atom. The Hall–Kier alpha value is -3.87. The zero-order valence-electron chi connectivity index (χ0n) is 16.3. The number of fused-ring (bicyclic) bond motifs is 2. The Bertz CT molecular complexity index is 1370. The van der Waals surface area contributed by atoms with Crippen LogP contribution < -0.4 is 10.4 Å². The molecule has 4 aromatic rings. The molecule has 0 bridgehead atoms. The highest BCUT2D eigenvalue weighted by molar-refractivity contribution is 6.06. The fourth-order valence-corrected chi connectivity index (χ4v) is 3.94. The van der Waals surface area contributed by atoms with Crippen molar-refractivity contribution < 1.29 is 13.9 Å². The monoisotopic (exact) mass is 401 g/mol. The third-order valence-electron chi connectivity index (χ3n) is 5.48. The topological polar surface area (TPSA) is 88.4 Å². The molecule has 1 aliphatic heterocycles. The van der Waals surface area contributed by atoms with E-state index in [-0.39, 0.29) is 5.91 Å². The molecular weight excluding hydrogens is 382 g/mol. The largest absolute Gasteiger partial charge is 0.497 e. The molecule has 0 atom stereocenters. The number of rotatable bonds is 3. The molecule has 0 saturated carbocycles. The molecule has 0 fully saturated rings. The SMILES string of the molecule is COc1ccc2c(C(=O)N3CC=C(c4c[nH]c5ncccc45)CC3)cc(=O)oc2c1. The predicted octanol–water partition coefficient (Wildman–Crippen LogP) is 3.61.